The third-order valence-corrected chi connectivity index (χ3v) is 3.25. The summed E-state index contributed by atoms with van der Waals surface area (Å²) in [6, 6.07) is 0.460. The molecule has 2 unspecified atom stereocenters. The smallest absolute Gasteiger partial charge is 0.251 e. The summed E-state index contributed by atoms with van der Waals surface area (Å²) in [5.41, 5.74) is 0. The van der Waals surface area contributed by atoms with Crippen LogP contribution in [0.1, 0.15) is 33.1 Å². The van der Waals surface area contributed by atoms with Crippen LogP contribution in [0.4, 0.5) is 0 Å². The Morgan fingerprint density at radius 1 is 1.56 bits per heavy atom. The SMILES string of the molecule is CCN(CC1CCCCN1)C(=O)C(C)OC. The topological polar surface area (TPSA) is 41.6 Å². The molecule has 1 amide bonds. The number of hydrogen-bond acceptors (Lipinski definition) is 3. The molecule has 0 aromatic rings. The molecular formula is C12H24N2O2. The Hall–Kier alpha value is -0.610. The zero-order valence-corrected chi connectivity index (χ0v) is 10.7. The first-order valence-corrected chi connectivity index (χ1v) is 6.24. The second kappa shape index (κ2) is 6.86. The molecule has 1 aliphatic heterocycles. The first-order valence-electron chi connectivity index (χ1n) is 6.24. The third kappa shape index (κ3) is 3.76. The largest absolute Gasteiger partial charge is 0.372 e. The highest BCUT2D eigenvalue weighted by Crippen LogP contribution is 2.09. The zero-order valence-electron chi connectivity index (χ0n) is 10.7. The van der Waals surface area contributed by atoms with Crippen LogP contribution >= 0.6 is 0 Å². The minimum atomic E-state index is -0.330. The monoisotopic (exact) mass is 228 g/mol. The van der Waals surface area contributed by atoms with Crippen LogP contribution in [-0.2, 0) is 9.53 Å². The van der Waals surface area contributed by atoms with E-state index in [1.807, 2.05) is 11.8 Å². The van der Waals surface area contributed by atoms with Crippen LogP contribution in [0.15, 0.2) is 0 Å². The Kier molecular flexibility index (Phi) is 5.77. The molecule has 4 heteroatoms. The first kappa shape index (κ1) is 13.5. The number of methoxy groups -OCH3 is 1. The maximum absolute atomic E-state index is 12.0. The summed E-state index contributed by atoms with van der Waals surface area (Å²) in [6.45, 7) is 6.46. The van der Waals surface area contributed by atoms with Crippen molar-refractivity contribution in [3.8, 4) is 0 Å². The number of piperidine rings is 1. The van der Waals surface area contributed by atoms with E-state index < -0.39 is 0 Å². The fourth-order valence-corrected chi connectivity index (χ4v) is 2.08. The predicted octanol–water partition coefficient (Wildman–Crippen LogP) is 1.01. The van der Waals surface area contributed by atoms with Crippen molar-refractivity contribution in [3.63, 3.8) is 0 Å². The van der Waals surface area contributed by atoms with Crippen molar-refractivity contribution in [3.05, 3.63) is 0 Å². The summed E-state index contributed by atoms with van der Waals surface area (Å²) in [6.07, 6.45) is 3.36. The van der Waals surface area contributed by atoms with Crippen molar-refractivity contribution in [1.29, 1.82) is 0 Å². The normalized spacial score (nSPS) is 22.8. The lowest BCUT2D eigenvalue weighted by molar-refractivity contribution is -0.141. The van der Waals surface area contributed by atoms with Crippen LogP contribution in [0.2, 0.25) is 0 Å². The molecule has 94 valence electrons. The standard InChI is InChI=1S/C12H24N2O2/c1-4-14(12(15)10(2)16-3)9-11-7-5-6-8-13-11/h10-11,13H,4-9H2,1-3H3. The average molecular weight is 228 g/mol. The van der Waals surface area contributed by atoms with Gasteiger partial charge in [-0.3, -0.25) is 4.79 Å². The molecule has 16 heavy (non-hydrogen) atoms. The van der Waals surface area contributed by atoms with E-state index in [1.54, 1.807) is 14.0 Å². The zero-order chi connectivity index (χ0) is 12.0. The predicted molar refractivity (Wildman–Crippen MR) is 64.4 cm³/mol. The minimum Gasteiger partial charge on any atom is -0.372 e. The molecule has 0 radical (unpaired) electrons. The molecule has 1 saturated heterocycles. The van der Waals surface area contributed by atoms with Gasteiger partial charge < -0.3 is 15.0 Å². The van der Waals surface area contributed by atoms with Crippen molar-refractivity contribution in [2.75, 3.05) is 26.7 Å². The number of carbonyl (C=O) groups excluding carboxylic acids is 1. The highest BCUT2D eigenvalue weighted by atomic mass is 16.5. The maximum atomic E-state index is 12.0. The highest BCUT2D eigenvalue weighted by molar-refractivity contribution is 5.80. The average Bonchev–Trinajstić information content (AvgIpc) is 2.35. The van der Waals surface area contributed by atoms with Gasteiger partial charge in [0.15, 0.2) is 0 Å². The van der Waals surface area contributed by atoms with Gasteiger partial charge in [0, 0.05) is 26.2 Å². The quantitative estimate of drug-likeness (QED) is 0.763. The molecule has 1 aliphatic rings. The van der Waals surface area contributed by atoms with Crippen LogP contribution in [0, 0.1) is 0 Å². The lowest BCUT2D eigenvalue weighted by Gasteiger charge is -2.31. The Labute approximate surface area is 98.3 Å². The van der Waals surface area contributed by atoms with E-state index in [2.05, 4.69) is 5.32 Å². The summed E-state index contributed by atoms with van der Waals surface area (Å²) in [4.78, 5) is 13.8. The molecule has 0 bridgehead atoms. The van der Waals surface area contributed by atoms with Crippen LogP contribution in [0.25, 0.3) is 0 Å². The number of ether oxygens (including phenoxy) is 1. The third-order valence-electron chi connectivity index (χ3n) is 3.25. The van der Waals surface area contributed by atoms with E-state index in [0.29, 0.717) is 6.04 Å². The van der Waals surface area contributed by atoms with Crippen LogP contribution < -0.4 is 5.32 Å². The molecular weight excluding hydrogens is 204 g/mol. The maximum Gasteiger partial charge on any atom is 0.251 e. The van der Waals surface area contributed by atoms with E-state index in [-0.39, 0.29) is 12.0 Å². The summed E-state index contributed by atoms with van der Waals surface area (Å²) < 4.78 is 5.07. The molecule has 0 spiro atoms. The fourth-order valence-electron chi connectivity index (χ4n) is 2.08. The summed E-state index contributed by atoms with van der Waals surface area (Å²) in [5, 5.41) is 3.46. The second-order valence-corrected chi connectivity index (χ2v) is 4.40. The summed E-state index contributed by atoms with van der Waals surface area (Å²) in [5.74, 6) is 0.0948. The second-order valence-electron chi connectivity index (χ2n) is 4.40. The molecule has 0 aliphatic carbocycles. The van der Waals surface area contributed by atoms with Gasteiger partial charge in [0.25, 0.3) is 5.91 Å². The molecule has 1 N–H and O–H groups in total. The van der Waals surface area contributed by atoms with Crippen LogP contribution in [0.3, 0.4) is 0 Å². The van der Waals surface area contributed by atoms with Gasteiger partial charge in [-0.2, -0.15) is 0 Å². The van der Waals surface area contributed by atoms with Crippen molar-refractivity contribution < 1.29 is 9.53 Å². The van der Waals surface area contributed by atoms with Gasteiger partial charge in [0.1, 0.15) is 6.10 Å². The van der Waals surface area contributed by atoms with Gasteiger partial charge in [-0.05, 0) is 33.2 Å². The van der Waals surface area contributed by atoms with Crippen molar-refractivity contribution >= 4 is 5.91 Å². The first-order chi connectivity index (χ1) is 7.69. The lowest BCUT2D eigenvalue weighted by Crippen LogP contribution is -2.48. The van der Waals surface area contributed by atoms with Crippen LogP contribution in [-0.4, -0.2) is 49.7 Å². The van der Waals surface area contributed by atoms with Crippen molar-refractivity contribution in [2.45, 2.75) is 45.3 Å². The molecule has 0 aromatic carbocycles. The van der Waals surface area contributed by atoms with Crippen LogP contribution in [0.5, 0.6) is 0 Å². The van der Waals surface area contributed by atoms with Gasteiger partial charge in [-0.25, -0.2) is 0 Å². The number of amides is 1. The number of hydrogen-bond donors (Lipinski definition) is 1. The van der Waals surface area contributed by atoms with Gasteiger partial charge in [-0.15, -0.1) is 0 Å². The number of carbonyl (C=O) groups is 1. The van der Waals surface area contributed by atoms with Gasteiger partial charge in [0.2, 0.25) is 0 Å². The molecule has 1 fully saturated rings. The van der Waals surface area contributed by atoms with E-state index in [9.17, 15) is 4.79 Å². The Morgan fingerprint density at radius 3 is 2.81 bits per heavy atom. The van der Waals surface area contributed by atoms with E-state index in [1.165, 1.54) is 19.3 Å². The minimum absolute atomic E-state index is 0.0948. The molecule has 4 nitrogen and oxygen atoms in total. The van der Waals surface area contributed by atoms with Crippen molar-refractivity contribution in [2.24, 2.45) is 0 Å². The number of rotatable bonds is 5. The molecule has 0 saturated carbocycles. The van der Waals surface area contributed by atoms with E-state index in [4.69, 9.17) is 4.74 Å². The number of nitrogens with one attached hydrogen (secondary N) is 1. The van der Waals surface area contributed by atoms with Crippen molar-refractivity contribution in [1.82, 2.24) is 10.2 Å². The van der Waals surface area contributed by atoms with Gasteiger partial charge in [0.05, 0.1) is 0 Å². The Morgan fingerprint density at radius 2 is 2.31 bits per heavy atom. The summed E-state index contributed by atoms with van der Waals surface area (Å²) >= 11 is 0. The molecule has 0 aromatic heterocycles. The van der Waals surface area contributed by atoms with E-state index in [0.717, 1.165) is 19.6 Å². The lowest BCUT2D eigenvalue weighted by atomic mass is 10.0. The Bertz CT molecular complexity index is 215. The molecule has 1 rings (SSSR count). The van der Waals surface area contributed by atoms with E-state index >= 15 is 0 Å². The van der Waals surface area contributed by atoms with Gasteiger partial charge >= 0.3 is 0 Å². The number of nitrogens with zero attached hydrogens (tertiary/aromatic N) is 1. The number of likely N-dealkylation sites (N-methyl/N-ethyl adjacent to an activating group) is 1. The molecule has 1 heterocycles. The Balaban J connectivity index is 2.43. The van der Waals surface area contributed by atoms with Gasteiger partial charge in [-0.1, -0.05) is 6.42 Å². The fraction of sp³-hybridized carbons (Fsp3) is 0.917. The highest BCUT2D eigenvalue weighted by Gasteiger charge is 2.22. The summed E-state index contributed by atoms with van der Waals surface area (Å²) in [7, 11) is 1.58. The molecule has 2 atom stereocenters.